The van der Waals surface area contributed by atoms with Crippen molar-refractivity contribution in [2.45, 2.75) is 43.5 Å². The molecule has 4 aromatic rings. The Kier molecular flexibility index (Phi) is 8.93. The van der Waals surface area contributed by atoms with Gasteiger partial charge in [0.05, 0.1) is 35.4 Å². The third-order valence-corrected chi connectivity index (χ3v) is 10.6. The fraction of sp³-hybridized carbons (Fsp3) is 0.265. The summed E-state index contributed by atoms with van der Waals surface area (Å²) in [4.78, 5) is 68.3. The van der Waals surface area contributed by atoms with Crippen LogP contribution in [0.3, 0.4) is 0 Å². The van der Waals surface area contributed by atoms with E-state index in [1.807, 2.05) is 19.1 Å². The first-order valence-electron chi connectivity index (χ1n) is 15.0. The zero-order valence-electron chi connectivity index (χ0n) is 25.7. The molecule has 2 N–H and O–H groups in total. The summed E-state index contributed by atoms with van der Waals surface area (Å²) in [5, 5.41) is 12.7. The number of aryl methyl sites for hydroxylation is 1. The molecule has 13 heteroatoms. The second-order valence-electron chi connectivity index (χ2n) is 11.0. The highest BCUT2D eigenvalue weighted by Gasteiger charge is 2.57. The van der Waals surface area contributed by atoms with Crippen LogP contribution in [0.25, 0.3) is 0 Å². The molecule has 1 fully saturated rings. The maximum absolute atomic E-state index is 14.2. The number of rotatable bonds is 9. The van der Waals surface area contributed by atoms with Gasteiger partial charge in [-0.2, -0.15) is 0 Å². The van der Waals surface area contributed by atoms with Crippen molar-refractivity contribution in [3.63, 3.8) is 0 Å². The van der Waals surface area contributed by atoms with E-state index in [0.29, 0.717) is 26.8 Å². The van der Waals surface area contributed by atoms with Crippen molar-refractivity contribution in [3.8, 4) is 11.5 Å². The number of nitrogens with zero attached hydrogens (tertiary/aromatic N) is 2. The van der Waals surface area contributed by atoms with E-state index in [-0.39, 0.29) is 36.8 Å². The van der Waals surface area contributed by atoms with Gasteiger partial charge in [-0.25, -0.2) is 9.69 Å². The maximum Gasteiger partial charge on any atom is 0.338 e. The number of thiazole rings is 1. The van der Waals surface area contributed by atoms with E-state index in [1.54, 1.807) is 38.1 Å². The number of imide groups is 1. The summed E-state index contributed by atoms with van der Waals surface area (Å²) in [7, 11) is 0. The zero-order chi connectivity index (χ0) is 33.4. The summed E-state index contributed by atoms with van der Waals surface area (Å²) in [6.07, 6.45) is 0. The molecule has 6 rings (SSSR count). The molecule has 0 spiro atoms. The predicted octanol–water partition coefficient (Wildman–Crippen LogP) is 4.93. The molecule has 0 radical (unpaired) electrons. The second-order valence-corrected chi connectivity index (χ2v) is 13.1. The van der Waals surface area contributed by atoms with Crippen molar-refractivity contribution >= 4 is 58.2 Å². The highest BCUT2D eigenvalue weighted by molar-refractivity contribution is 8.00. The van der Waals surface area contributed by atoms with Gasteiger partial charge >= 0.3 is 10.8 Å². The molecule has 0 aliphatic carbocycles. The van der Waals surface area contributed by atoms with Gasteiger partial charge in [-0.15, -0.1) is 0 Å². The molecular formula is C34H31N3O8S2. The van der Waals surface area contributed by atoms with Gasteiger partial charge in [-0.1, -0.05) is 46.9 Å². The van der Waals surface area contributed by atoms with Crippen LogP contribution in [0.15, 0.2) is 76.6 Å². The monoisotopic (exact) mass is 673 g/mol. The van der Waals surface area contributed by atoms with Gasteiger partial charge in [0, 0.05) is 16.5 Å². The lowest BCUT2D eigenvalue weighted by atomic mass is 9.83. The Balaban J connectivity index is 1.40. The number of benzene rings is 3. The van der Waals surface area contributed by atoms with Crippen molar-refractivity contribution in [2.24, 2.45) is 5.92 Å². The number of ether oxygens (including phenoxy) is 2. The number of hydrogen-bond acceptors (Lipinski definition) is 10. The molecule has 3 atom stereocenters. The summed E-state index contributed by atoms with van der Waals surface area (Å²) in [5.74, 6) is -3.44. The van der Waals surface area contributed by atoms with Crippen LogP contribution in [-0.2, 0) is 25.7 Å². The van der Waals surface area contributed by atoms with Crippen LogP contribution in [0.5, 0.6) is 11.5 Å². The van der Waals surface area contributed by atoms with E-state index < -0.39 is 45.6 Å². The van der Waals surface area contributed by atoms with Crippen LogP contribution in [0, 0.1) is 12.8 Å². The van der Waals surface area contributed by atoms with E-state index in [0.717, 1.165) is 33.6 Å². The SMILES string of the molecule is CCOC(=O)c1ccc(N2C(=O)C3Sc4c(sc(=O)n4CC(=O)Nc4ccc(C)cc4)C(c4ccc(O)c(OCC)c4)C3C2=O)cc1. The third-order valence-electron chi connectivity index (χ3n) is 7.97. The van der Waals surface area contributed by atoms with Gasteiger partial charge in [0.1, 0.15) is 11.8 Å². The largest absolute Gasteiger partial charge is 0.504 e. The van der Waals surface area contributed by atoms with E-state index in [9.17, 15) is 29.1 Å². The highest BCUT2D eigenvalue weighted by Crippen LogP contribution is 2.54. The number of aromatic hydroxyl groups is 1. The molecular weight excluding hydrogens is 643 g/mol. The van der Waals surface area contributed by atoms with Crippen LogP contribution >= 0.6 is 23.1 Å². The maximum atomic E-state index is 14.2. The Bertz CT molecular complexity index is 1930. The first kappa shape index (κ1) is 32.1. The summed E-state index contributed by atoms with van der Waals surface area (Å²) < 4.78 is 12.0. The van der Waals surface area contributed by atoms with Gasteiger partial charge in [0.25, 0.3) is 0 Å². The molecule has 242 valence electrons. The standard InChI is InChI=1S/C34H31N3O8S2/c1-4-44-24-16-20(10-15-23(24)38)26-27-28(31(41)37(30(27)40)22-13-8-19(9-14-22)33(42)45-5-2)46-32-29(26)47-34(43)36(32)17-25(39)35-21-11-6-18(3)7-12-21/h6-16,26-28,38H,4-5,17H2,1-3H3,(H,35,39). The number of carbonyl (C=O) groups is 4. The van der Waals surface area contributed by atoms with Crippen LogP contribution < -0.4 is 19.8 Å². The van der Waals surface area contributed by atoms with Gasteiger partial charge in [-0.05, 0) is 74.9 Å². The molecule has 1 aromatic heterocycles. The van der Waals surface area contributed by atoms with E-state index in [4.69, 9.17) is 9.47 Å². The van der Waals surface area contributed by atoms with E-state index in [1.165, 1.54) is 34.9 Å². The molecule has 11 nitrogen and oxygen atoms in total. The number of thioether (sulfide) groups is 1. The number of amides is 3. The number of fused-ring (bicyclic) bond motifs is 2. The number of aromatic nitrogens is 1. The number of esters is 1. The number of nitrogens with one attached hydrogen (secondary N) is 1. The van der Waals surface area contributed by atoms with Gasteiger partial charge in [-0.3, -0.25) is 23.7 Å². The zero-order valence-corrected chi connectivity index (χ0v) is 27.4. The van der Waals surface area contributed by atoms with Crippen molar-refractivity contribution in [2.75, 3.05) is 23.4 Å². The van der Waals surface area contributed by atoms with Crippen LogP contribution in [0.4, 0.5) is 11.4 Å². The van der Waals surface area contributed by atoms with Crippen LogP contribution in [0.1, 0.15) is 46.1 Å². The van der Waals surface area contributed by atoms with Crippen molar-refractivity contribution in [1.29, 1.82) is 0 Å². The van der Waals surface area contributed by atoms with Crippen molar-refractivity contribution in [3.05, 3.63) is 98.0 Å². The lowest BCUT2D eigenvalue weighted by molar-refractivity contribution is -0.122. The molecule has 3 amide bonds. The highest BCUT2D eigenvalue weighted by atomic mass is 32.2. The van der Waals surface area contributed by atoms with Gasteiger partial charge < -0.3 is 19.9 Å². The molecule has 0 bridgehead atoms. The molecule has 2 aliphatic rings. The fourth-order valence-electron chi connectivity index (χ4n) is 5.81. The summed E-state index contributed by atoms with van der Waals surface area (Å²) in [5.41, 5.74) is 2.75. The molecule has 3 aromatic carbocycles. The molecule has 1 saturated heterocycles. The number of phenols is 1. The number of hydrogen-bond donors (Lipinski definition) is 2. The molecule has 3 unspecified atom stereocenters. The van der Waals surface area contributed by atoms with Crippen LogP contribution in [-0.4, -0.2) is 51.8 Å². The predicted molar refractivity (Wildman–Crippen MR) is 178 cm³/mol. The Morgan fingerprint density at radius 1 is 0.936 bits per heavy atom. The quantitative estimate of drug-likeness (QED) is 0.187. The van der Waals surface area contributed by atoms with E-state index >= 15 is 0 Å². The number of anilines is 2. The lowest BCUT2D eigenvalue weighted by Crippen LogP contribution is -2.33. The number of phenolic OH excluding ortho intramolecular Hbond substituents is 1. The second kappa shape index (κ2) is 13.1. The normalized spacial score (nSPS) is 18.4. The summed E-state index contributed by atoms with van der Waals surface area (Å²) in [6.45, 7) is 5.60. The minimum Gasteiger partial charge on any atom is -0.504 e. The van der Waals surface area contributed by atoms with Gasteiger partial charge in [0.2, 0.25) is 17.7 Å². The minimum absolute atomic E-state index is 0.0896. The van der Waals surface area contributed by atoms with E-state index in [2.05, 4.69) is 5.32 Å². The lowest BCUT2D eigenvalue weighted by Gasteiger charge is -2.31. The molecule has 47 heavy (non-hydrogen) atoms. The minimum atomic E-state index is -0.922. The Labute approximate surface area is 278 Å². The van der Waals surface area contributed by atoms with Crippen molar-refractivity contribution in [1.82, 2.24) is 4.57 Å². The third kappa shape index (κ3) is 6.03. The number of carbonyl (C=O) groups excluding carboxylic acids is 4. The first-order valence-corrected chi connectivity index (χ1v) is 16.7. The summed E-state index contributed by atoms with van der Waals surface area (Å²) >= 11 is 2.02. The molecule has 2 aliphatic heterocycles. The first-order chi connectivity index (χ1) is 22.6. The molecule has 0 saturated carbocycles. The van der Waals surface area contributed by atoms with Crippen LogP contribution in [0.2, 0.25) is 0 Å². The average Bonchev–Trinajstić information content (AvgIpc) is 3.49. The Morgan fingerprint density at radius 3 is 2.34 bits per heavy atom. The average molecular weight is 674 g/mol. The Morgan fingerprint density at radius 2 is 1.66 bits per heavy atom. The van der Waals surface area contributed by atoms with Gasteiger partial charge in [0.15, 0.2) is 11.5 Å². The fourth-order valence-corrected chi connectivity index (χ4v) is 8.58. The molecule has 3 heterocycles. The smallest absolute Gasteiger partial charge is 0.338 e. The van der Waals surface area contributed by atoms with Crippen molar-refractivity contribution < 1.29 is 33.8 Å². The topological polar surface area (TPSA) is 144 Å². The Hall–Kier alpha value is -4.88. The summed E-state index contributed by atoms with van der Waals surface area (Å²) in [6, 6.07) is 18.0.